The molecule has 0 radical (unpaired) electrons. The molecule has 212 valence electrons. The van der Waals surface area contributed by atoms with Crippen molar-refractivity contribution in [3.63, 3.8) is 0 Å². The summed E-state index contributed by atoms with van der Waals surface area (Å²) in [7, 11) is 0. The number of aromatic nitrogens is 2. The Morgan fingerprint density at radius 3 is 2.41 bits per heavy atom. The fourth-order valence-electron chi connectivity index (χ4n) is 5.15. The third-order valence-corrected chi connectivity index (χ3v) is 8.44. The topological polar surface area (TPSA) is 74.8 Å². The van der Waals surface area contributed by atoms with Crippen molar-refractivity contribution in [1.82, 2.24) is 9.13 Å². The summed E-state index contributed by atoms with van der Waals surface area (Å²) in [5, 5.41) is 0. The first-order chi connectivity index (χ1) is 19.6. The summed E-state index contributed by atoms with van der Waals surface area (Å²) in [5.41, 5.74) is 5.54. The second-order valence-corrected chi connectivity index (χ2v) is 12.1. The number of carbonyl (C=O) groups is 1. The molecular weight excluding hydrogens is 602 g/mol. The third-order valence-electron chi connectivity index (χ3n) is 6.93. The first kappa shape index (κ1) is 28.8. The monoisotopic (exact) mass is 633 g/mol. The maximum atomic E-state index is 14.0. The van der Waals surface area contributed by atoms with Crippen LogP contribution < -0.4 is 19.6 Å². The van der Waals surface area contributed by atoms with Crippen molar-refractivity contribution < 1.29 is 14.3 Å². The van der Waals surface area contributed by atoms with Gasteiger partial charge in [0.15, 0.2) is 4.80 Å². The smallest absolute Gasteiger partial charge is 0.338 e. The second-order valence-electron chi connectivity index (χ2n) is 10.2. The number of aryl methyl sites for hydroxylation is 1. The molecule has 1 aliphatic rings. The number of thiazole rings is 1. The molecule has 0 saturated carbocycles. The minimum Gasteiger partial charge on any atom is -0.494 e. The van der Waals surface area contributed by atoms with Gasteiger partial charge >= 0.3 is 5.97 Å². The van der Waals surface area contributed by atoms with Gasteiger partial charge in [0.2, 0.25) is 0 Å². The normalized spacial score (nSPS) is 15.2. The van der Waals surface area contributed by atoms with E-state index in [0.29, 0.717) is 27.2 Å². The van der Waals surface area contributed by atoms with Gasteiger partial charge in [-0.05, 0) is 101 Å². The molecule has 0 aliphatic carbocycles. The average molecular weight is 635 g/mol. The summed E-state index contributed by atoms with van der Waals surface area (Å²) in [6.07, 6.45) is 1.61. The van der Waals surface area contributed by atoms with E-state index in [1.54, 1.807) is 25.3 Å². The molecule has 5 rings (SSSR count). The molecule has 1 atom stereocenters. The Balaban J connectivity index is 1.66. The number of benzene rings is 2. The van der Waals surface area contributed by atoms with Gasteiger partial charge in [-0.1, -0.05) is 39.4 Å². The van der Waals surface area contributed by atoms with Crippen LogP contribution in [0.1, 0.15) is 56.3 Å². The summed E-state index contributed by atoms with van der Waals surface area (Å²) < 4.78 is 16.6. The Morgan fingerprint density at radius 2 is 1.78 bits per heavy atom. The van der Waals surface area contributed by atoms with Crippen LogP contribution in [0.4, 0.5) is 0 Å². The van der Waals surface area contributed by atoms with Crippen LogP contribution in [0.25, 0.3) is 11.8 Å². The number of esters is 1. The summed E-state index contributed by atoms with van der Waals surface area (Å²) in [6.45, 7) is 12.0. The maximum Gasteiger partial charge on any atom is 0.338 e. The van der Waals surface area contributed by atoms with Crippen LogP contribution in [0.2, 0.25) is 0 Å². The van der Waals surface area contributed by atoms with Crippen LogP contribution in [-0.2, 0) is 9.53 Å². The van der Waals surface area contributed by atoms with E-state index in [4.69, 9.17) is 14.5 Å². The van der Waals surface area contributed by atoms with Gasteiger partial charge in [0.1, 0.15) is 5.75 Å². The van der Waals surface area contributed by atoms with Crippen LogP contribution in [0.15, 0.2) is 80.1 Å². The van der Waals surface area contributed by atoms with Gasteiger partial charge in [-0.25, -0.2) is 9.79 Å². The fourth-order valence-corrected chi connectivity index (χ4v) is 6.45. The minimum absolute atomic E-state index is 0.205. The molecule has 9 heteroatoms. The molecule has 1 aliphatic heterocycles. The number of rotatable bonds is 7. The van der Waals surface area contributed by atoms with Gasteiger partial charge in [-0.3, -0.25) is 9.36 Å². The number of hydrogen-bond donors (Lipinski definition) is 0. The Kier molecular flexibility index (Phi) is 8.20. The largest absolute Gasteiger partial charge is 0.494 e. The lowest BCUT2D eigenvalue weighted by molar-refractivity contribution is -0.143. The molecule has 4 aromatic rings. The number of allylic oxidation sites excluding steroid dienone is 1. The van der Waals surface area contributed by atoms with Crippen molar-refractivity contribution in [2.24, 2.45) is 4.99 Å². The highest BCUT2D eigenvalue weighted by molar-refractivity contribution is 9.10. The molecule has 3 heterocycles. The van der Waals surface area contributed by atoms with Crippen molar-refractivity contribution in [3.05, 3.63) is 113 Å². The molecule has 2 aromatic heterocycles. The number of ether oxygens (including phenoxy) is 2. The lowest BCUT2D eigenvalue weighted by atomic mass is 9.96. The Labute approximate surface area is 251 Å². The summed E-state index contributed by atoms with van der Waals surface area (Å²) in [5.74, 6) is 0.240. The molecule has 41 heavy (non-hydrogen) atoms. The summed E-state index contributed by atoms with van der Waals surface area (Å²) in [4.78, 5) is 32.6. The number of carbonyl (C=O) groups excluding carboxylic acids is 1. The SMILES string of the molecule is CCOc1ccc([C@@H]2C(C(=O)OC(C)C)=C(C)N=c3s/c(=C/c4cc(C)n(-c5ccc(Br)cc5)c4C)c(=O)n32)cc1. The zero-order valence-electron chi connectivity index (χ0n) is 23.9. The molecule has 0 bridgehead atoms. The molecule has 0 spiro atoms. The lowest BCUT2D eigenvalue weighted by Crippen LogP contribution is -2.40. The van der Waals surface area contributed by atoms with E-state index < -0.39 is 12.0 Å². The van der Waals surface area contributed by atoms with Crippen LogP contribution in [0.3, 0.4) is 0 Å². The van der Waals surface area contributed by atoms with E-state index >= 15 is 0 Å². The second kappa shape index (κ2) is 11.7. The molecule has 0 fully saturated rings. The quantitative estimate of drug-likeness (QED) is 0.243. The average Bonchev–Trinajstić information content (AvgIpc) is 3.38. The van der Waals surface area contributed by atoms with Crippen molar-refractivity contribution in [2.75, 3.05) is 6.61 Å². The van der Waals surface area contributed by atoms with E-state index in [1.807, 2.05) is 56.3 Å². The molecule has 0 amide bonds. The number of hydrogen-bond acceptors (Lipinski definition) is 6. The predicted molar refractivity (Wildman–Crippen MR) is 166 cm³/mol. The van der Waals surface area contributed by atoms with Crippen LogP contribution >= 0.6 is 27.3 Å². The van der Waals surface area contributed by atoms with Crippen molar-refractivity contribution >= 4 is 39.3 Å². The van der Waals surface area contributed by atoms with Gasteiger partial charge in [0.25, 0.3) is 5.56 Å². The molecule has 0 saturated heterocycles. The first-order valence-electron chi connectivity index (χ1n) is 13.5. The minimum atomic E-state index is -0.675. The van der Waals surface area contributed by atoms with E-state index in [1.165, 1.54) is 11.3 Å². The predicted octanol–water partition coefficient (Wildman–Crippen LogP) is 5.76. The van der Waals surface area contributed by atoms with E-state index in [9.17, 15) is 9.59 Å². The number of halogens is 1. The summed E-state index contributed by atoms with van der Waals surface area (Å²) in [6, 6.07) is 17.0. The Hall–Kier alpha value is -3.69. The zero-order chi connectivity index (χ0) is 29.4. The highest BCUT2D eigenvalue weighted by Gasteiger charge is 2.33. The molecule has 2 aromatic carbocycles. The Morgan fingerprint density at radius 1 is 1.10 bits per heavy atom. The lowest BCUT2D eigenvalue weighted by Gasteiger charge is -2.25. The van der Waals surface area contributed by atoms with Gasteiger partial charge < -0.3 is 14.0 Å². The van der Waals surface area contributed by atoms with Crippen LogP contribution in [0.5, 0.6) is 5.75 Å². The molecule has 0 unspecified atom stereocenters. The standard InChI is InChI=1S/C32H32BrN3O4S/c1-7-39-26-14-8-22(9-15-26)29-28(31(38)40-18(2)3)20(5)34-32-36(29)30(37)27(41-32)17-23-16-19(4)35(21(23)6)25-12-10-24(33)11-13-25/h8-18,29H,7H2,1-6H3/b27-17+/t29-/m1/s1. The van der Waals surface area contributed by atoms with Gasteiger partial charge in [-0.15, -0.1) is 0 Å². The zero-order valence-corrected chi connectivity index (χ0v) is 26.3. The van der Waals surface area contributed by atoms with E-state index in [0.717, 1.165) is 38.4 Å². The van der Waals surface area contributed by atoms with Crippen molar-refractivity contribution in [3.8, 4) is 11.4 Å². The maximum absolute atomic E-state index is 14.0. The summed E-state index contributed by atoms with van der Waals surface area (Å²) >= 11 is 4.82. The number of nitrogens with zero attached hydrogens (tertiary/aromatic N) is 3. The highest BCUT2D eigenvalue weighted by Crippen LogP contribution is 2.32. The Bertz CT molecular complexity index is 1830. The third kappa shape index (κ3) is 5.61. The van der Waals surface area contributed by atoms with Crippen LogP contribution in [0, 0.1) is 13.8 Å². The number of fused-ring (bicyclic) bond motifs is 1. The molecule has 7 nitrogen and oxygen atoms in total. The van der Waals surface area contributed by atoms with E-state index in [2.05, 4.69) is 45.6 Å². The fraction of sp³-hybridized carbons (Fsp3) is 0.281. The van der Waals surface area contributed by atoms with Gasteiger partial charge in [-0.2, -0.15) is 0 Å². The van der Waals surface area contributed by atoms with Crippen molar-refractivity contribution in [1.29, 1.82) is 0 Å². The highest BCUT2D eigenvalue weighted by atomic mass is 79.9. The van der Waals surface area contributed by atoms with Gasteiger partial charge in [0.05, 0.1) is 34.6 Å². The van der Waals surface area contributed by atoms with Crippen molar-refractivity contribution in [2.45, 2.75) is 53.7 Å². The molecule has 0 N–H and O–H groups in total. The first-order valence-corrected chi connectivity index (χ1v) is 15.1. The van der Waals surface area contributed by atoms with Crippen LogP contribution in [-0.4, -0.2) is 27.8 Å². The molecular formula is C32H32BrN3O4S. The van der Waals surface area contributed by atoms with E-state index in [-0.39, 0.29) is 11.7 Å². The van der Waals surface area contributed by atoms with Gasteiger partial charge in [0, 0.05) is 21.5 Å².